The first-order chi connectivity index (χ1) is 12.7. The molecule has 0 aromatic heterocycles. The van der Waals surface area contributed by atoms with Crippen molar-refractivity contribution in [1.82, 2.24) is 0 Å². The summed E-state index contributed by atoms with van der Waals surface area (Å²) in [5.74, 6) is -0.913. The lowest BCUT2D eigenvalue weighted by Gasteiger charge is -2.34. The van der Waals surface area contributed by atoms with E-state index >= 15 is 0 Å². The number of nitrogens with one attached hydrogen (secondary N) is 1. The number of benzene rings is 2. The average molecular weight is 399 g/mol. The van der Waals surface area contributed by atoms with Crippen molar-refractivity contribution >= 4 is 13.3 Å². The van der Waals surface area contributed by atoms with Gasteiger partial charge in [0.15, 0.2) is 5.78 Å². The van der Waals surface area contributed by atoms with E-state index in [0.29, 0.717) is 12.0 Å². The Morgan fingerprint density at radius 3 is 2.52 bits per heavy atom. The SMILES string of the molecule is Cc1ccc(C(Nc2cccc(C(F)(F)F)c2)P2(=O)OCCC(C)O2)cc1. The van der Waals surface area contributed by atoms with Crippen molar-refractivity contribution in [3.8, 4) is 0 Å². The predicted octanol–water partition coefficient (Wildman–Crippen LogP) is 6.14. The average Bonchev–Trinajstić information content (AvgIpc) is 2.60. The summed E-state index contributed by atoms with van der Waals surface area (Å²) in [6.07, 6.45) is -4.12. The zero-order valence-corrected chi connectivity index (χ0v) is 15.9. The third kappa shape index (κ3) is 4.72. The van der Waals surface area contributed by atoms with Gasteiger partial charge in [0.2, 0.25) is 0 Å². The molecule has 0 amide bonds. The van der Waals surface area contributed by atoms with E-state index in [2.05, 4.69) is 5.32 Å². The molecule has 1 aliphatic rings. The molecule has 1 saturated heterocycles. The van der Waals surface area contributed by atoms with Crippen LogP contribution < -0.4 is 5.32 Å². The van der Waals surface area contributed by atoms with Crippen molar-refractivity contribution in [2.24, 2.45) is 0 Å². The third-order valence-electron chi connectivity index (χ3n) is 4.33. The van der Waals surface area contributed by atoms with Crippen molar-refractivity contribution in [1.29, 1.82) is 0 Å². The summed E-state index contributed by atoms with van der Waals surface area (Å²) in [5.41, 5.74) is 1.03. The molecule has 2 aromatic rings. The number of halogens is 3. The summed E-state index contributed by atoms with van der Waals surface area (Å²) in [6.45, 7) is 3.98. The molecule has 8 heteroatoms. The van der Waals surface area contributed by atoms with E-state index in [4.69, 9.17) is 9.05 Å². The maximum Gasteiger partial charge on any atom is 0.416 e. The van der Waals surface area contributed by atoms with Gasteiger partial charge in [-0.05, 0) is 44.0 Å². The zero-order chi connectivity index (χ0) is 19.7. The number of rotatable bonds is 4. The minimum Gasteiger partial charge on any atom is -0.368 e. The molecule has 1 aliphatic heterocycles. The lowest BCUT2D eigenvalue weighted by molar-refractivity contribution is -0.137. The van der Waals surface area contributed by atoms with Crippen LogP contribution in [0.4, 0.5) is 18.9 Å². The van der Waals surface area contributed by atoms with E-state index in [1.54, 1.807) is 19.1 Å². The van der Waals surface area contributed by atoms with Crippen LogP contribution in [0.1, 0.15) is 35.8 Å². The molecule has 3 unspecified atom stereocenters. The van der Waals surface area contributed by atoms with Gasteiger partial charge in [-0.15, -0.1) is 0 Å². The van der Waals surface area contributed by atoms with Crippen LogP contribution in [0.2, 0.25) is 0 Å². The van der Waals surface area contributed by atoms with Crippen LogP contribution in [0.5, 0.6) is 0 Å². The molecule has 3 rings (SSSR count). The molecule has 0 bridgehead atoms. The van der Waals surface area contributed by atoms with Crippen molar-refractivity contribution in [2.75, 3.05) is 11.9 Å². The van der Waals surface area contributed by atoms with Gasteiger partial charge >= 0.3 is 13.8 Å². The first-order valence-corrected chi connectivity index (χ1v) is 10.2. The van der Waals surface area contributed by atoms with E-state index in [9.17, 15) is 17.7 Å². The van der Waals surface area contributed by atoms with Gasteiger partial charge < -0.3 is 14.4 Å². The van der Waals surface area contributed by atoms with Crippen LogP contribution in [0.15, 0.2) is 48.5 Å². The maximum absolute atomic E-state index is 13.4. The Labute approximate surface area is 156 Å². The van der Waals surface area contributed by atoms with Gasteiger partial charge in [-0.1, -0.05) is 35.9 Å². The second kappa shape index (κ2) is 7.66. The van der Waals surface area contributed by atoms with E-state index < -0.39 is 25.1 Å². The number of aryl methyl sites for hydroxylation is 1. The van der Waals surface area contributed by atoms with Crippen molar-refractivity contribution in [3.05, 3.63) is 65.2 Å². The van der Waals surface area contributed by atoms with Gasteiger partial charge in [-0.2, -0.15) is 13.2 Å². The lowest BCUT2D eigenvalue weighted by Crippen LogP contribution is -2.23. The lowest BCUT2D eigenvalue weighted by atomic mass is 10.1. The van der Waals surface area contributed by atoms with Gasteiger partial charge in [0.1, 0.15) is 0 Å². The van der Waals surface area contributed by atoms with Crippen LogP contribution in [-0.4, -0.2) is 12.7 Å². The van der Waals surface area contributed by atoms with Gasteiger partial charge in [0.05, 0.1) is 18.3 Å². The summed E-state index contributed by atoms with van der Waals surface area (Å²) in [6, 6.07) is 12.0. The summed E-state index contributed by atoms with van der Waals surface area (Å²) < 4.78 is 63.6. The Morgan fingerprint density at radius 2 is 1.89 bits per heavy atom. The fourth-order valence-electron chi connectivity index (χ4n) is 2.85. The summed E-state index contributed by atoms with van der Waals surface area (Å²) >= 11 is 0. The van der Waals surface area contributed by atoms with Crippen molar-refractivity contribution in [2.45, 2.75) is 38.3 Å². The van der Waals surface area contributed by atoms with Gasteiger partial charge in [-0.3, -0.25) is 4.57 Å². The standard InChI is InChI=1S/C19H21F3NO3P/c1-13-6-8-15(9-7-13)18(27(24)25-11-10-14(2)26-27)23-17-5-3-4-16(12-17)19(20,21)22/h3-9,12,14,18,23H,10-11H2,1-2H3. The van der Waals surface area contributed by atoms with E-state index in [1.807, 2.05) is 19.1 Å². The second-order valence-electron chi connectivity index (χ2n) is 6.61. The predicted molar refractivity (Wildman–Crippen MR) is 97.7 cm³/mol. The zero-order valence-electron chi connectivity index (χ0n) is 15.0. The molecular formula is C19H21F3NO3P. The first-order valence-electron chi connectivity index (χ1n) is 8.60. The van der Waals surface area contributed by atoms with Crippen molar-refractivity contribution in [3.63, 3.8) is 0 Å². The Bertz CT molecular complexity index is 839. The number of hydrogen-bond donors (Lipinski definition) is 1. The maximum atomic E-state index is 13.4. The fraction of sp³-hybridized carbons (Fsp3) is 0.368. The highest BCUT2D eigenvalue weighted by molar-refractivity contribution is 7.54. The molecule has 0 radical (unpaired) electrons. The number of hydrogen-bond acceptors (Lipinski definition) is 4. The van der Waals surface area contributed by atoms with Gasteiger partial charge in [0.25, 0.3) is 0 Å². The largest absolute Gasteiger partial charge is 0.416 e. The van der Waals surface area contributed by atoms with Crippen LogP contribution in [0.25, 0.3) is 0 Å². The molecule has 4 nitrogen and oxygen atoms in total. The highest BCUT2D eigenvalue weighted by Crippen LogP contribution is 2.63. The molecule has 1 heterocycles. The number of alkyl halides is 3. The quantitative estimate of drug-likeness (QED) is 0.627. The van der Waals surface area contributed by atoms with Gasteiger partial charge in [-0.25, -0.2) is 0 Å². The molecule has 0 aliphatic carbocycles. The molecule has 0 saturated carbocycles. The Kier molecular flexibility index (Phi) is 5.65. The monoisotopic (exact) mass is 399 g/mol. The Hall–Kier alpha value is -1.82. The molecule has 2 aromatic carbocycles. The number of anilines is 1. The molecule has 146 valence electrons. The van der Waals surface area contributed by atoms with Gasteiger partial charge in [0, 0.05) is 5.69 Å². The smallest absolute Gasteiger partial charge is 0.368 e. The Balaban J connectivity index is 1.98. The minimum atomic E-state index is -4.46. The van der Waals surface area contributed by atoms with Crippen molar-refractivity contribution < 1.29 is 26.8 Å². The fourth-order valence-corrected chi connectivity index (χ4v) is 5.00. The van der Waals surface area contributed by atoms with E-state index in [0.717, 1.165) is 17.7 Å². The van der Waals surface area contributed by atoms with E-state index in [-0.39, 0.29) is 18.4 Å². The summed E-state index contributed by atoms with van der Waals surface area (Å²) in [4.78, 5) is 0. The highest BCUT2D eigenvalue weighted by Gasteiger charge is 2.41. The topological polar surface area (TPSA) is 47.6 Å². The molecule has 1 N–H and O–H groups in total. The van der Waals surface area contributed by atoms with Crippen LogP contribution in [0.3, 0.4) is 0 Å². The molecule has 0 spiro atoms. The molecule has 1 fully saturated rings. The molecule has 3 atom stereocenters. The summed E-state index contributed by atoms with van der Waals surface area (Å²) in [5, 5.41) is 2.94. The molecule has 27 heavy (non-hydrogen) atoms. The van der Waals surface area contributed by atoms with Crippen LogP contribution >= 0.6 is 7.60 Å². The second-order valence-corrected chi connectivity index (χ2v) is 8.68. The normalized spacial score (nSPS) is 24.4. The van der Waals surface area contributed by atoms with Crippen LogP contribution in [-0.2, 0) is 19.8 Å². The minimum absolute atomic E-state index is 0.191. The Morgan fingerprint density at radius 1 is 1.19 bits per heavy atom. The van der Waals surface area contributed by atoms with Crippen LogP contribution in [0, 0.1) is 6.92 Å². The van der Waals surface area contributed by atoms with E-state index in [1.165, 1.54) is 12.1 Å². The molecular weight excluding hydrogens is 378 g/mol. The summed E-state index contributed by atoms with van der Waals surface area (Å²) in [7, 11) is -3.63. The third-order valence-corrected chi connectivity index (χ3v) is 6.58. The highest BCUT2D eigenvalue weighted by atomic mass is 31.2. The first kappa shape index (κ1) is 19.9.